The van der Waals surface area contributed by atoms with Crippen molar-refractivity contribution in [2.75, 3.05) is 10.9 Å². The van der Waals surface area contributed by atoms with Gasteiger partial charge in [-0.3, -0.25) is 39.5 Å². The van der Waals surface area contributed by atoms with Gasteiger partial charge in [0.1, 0.15) is 32.6 Å². The number of rotatable bonds is 8. The molecule has 0 radical (unpaired) electrons. The van der Waals surface area contributed by atoms with Crippen LogP contribution in [0.1, 0.15) is 43.2 Å². The number of aromatic nitrogens is 2. The lowest BCUT2D eigenvalue weighted by molar-refractivity contribution is 0.105. The number of allylic oxidation sites excluding steroid dienone is 2. The number of carbonyl (C=O) groups excluding carboxylic acids is 2. The largest absolute Gasteiger partial charge is 0.295 e. The number of fused-ring (bicyclic) bond motifs is 2. The van der Waals surface area contributed by atoms with Crippen molar-refractivity contribution in [3.8, 4) is 0 Å². The minimum Gasteiger partial charge on any atom is -0.285 e. The Balaban J connectivity index is 1.25. The third kappa shape index (κ3) is 6.76. The van der Waals surface area contributed by atoms with Crippen molar-refractivity contribution in [3.05, 3.63) is 119 Å². The van der Waals surface area contributed by atoms with E-state index in [0.29, 0.717) is 11.1 Å². The number of nitrogens with one attached hydrogen (secondary N) is 2. The Hall–Kier alpha value is -5.94. The van der Waals surface area contributed by atoms with Crippen LogP contribution in [0.2, 0.25) is 0 Å². The summed E-state index contributed by atoms with van der Waals surface area (Å²) in [4.78, 5) is 32.4. The highest BCUT2D eigenvalue weighted by atomic mass is 32.2. The molecule has 6 rings (SSSR count). The van der Waals surface area contributed by atoms with Gasteiger partial charge in [0.15, 0.2) is 0 Å². The summed E-state index contributed by atoms with van der Waals surface area (Å²) in [6.07, 6.45) is 11.7. The number of anilines is 2. The third-order valence-corrected chi connectivity index (χ3v) is 8.87. The predicted octanol–water partition coefficient (Wildman–Crippen LogP) is 4.50. The summed E-state index contributed by atoms with van der Waals surface area (Å²) in [5, 5.41) is 8.09. The molecule has 0 fully saturated rings. The van der Waals surface area contributed by atoms with Crippen molar-refractivity contribution >= 4 is 78.9 Å². The van der Waals surface area contributed by atoms with E-state index < -0.39 is 41.6 Å². The van der Waals surface area contributed by atoms with Crippen LogP contribution in [-0.2, 0) is 20.2 Å². The Morgan fingerprint density at radius 2 is 1.02 bits per heavy atom. The summed E-state index contributed by atoms with van der Waals surface area (Å²) in [5.74, 6) is -0.887. The highest BCUT2D eigenvalue weighted by Gasteiger charge is 2.22. The maximum absolute atomic E-state index is 12.7. The SMILES string of the molecule is O=C1/C(=N\Nc2ccc(/C=C/c3ccc(N/N=C4/C=Cc5cccnc5C4=O)cc3S(=O)(=O)O)c(S(=O)(=O)O)c2)C=Cc2cccnc21. The van der Waals surface area contributed by atoms with Gasteiger partial charge in [0, 0.05) is 23.5 Å². The van der Waals surface area contributed by atoms with Crippen molar-refractivity contribution in [3.63, 3.8) is 0 Å². The number of ketones is 2. The van der Waals surface area contributed by atoms with Gasteiger partial charge in [0.05, 0.1) is 11.4 Å². The molecule has 0 saturated heterocycles. The van der Waals surface area contributed by atoms with Crippen molar-refractivity contribution < 1.29 is 35.5 Å². The van der Waals surface area contributed by atoms with E-state index >= 15 is 0 Å². The summed E-state index contributed by atoms with van der Waals surface area (Å²) in [5.41, 5.74) is 7.06. The lowest BCUT2D eigenvalue weighted by Gasteiger charge is -2.11. The monoisotopic (exact) mass is 682 g/mol. The topological polar surface area (TPSA) is 217 Å². The van der Waals surface area contributed by atoms with Gasteiger partial charge >= 0.3 is 0 Å². The van der Waals surface area contributed by atoms with Crippen LogP contribution in [0.5, 0.6) is 0 Å². The number of pyridine rings is 2. The molecular weight excluding hydrogens is 661 g/mol. The second kappa shape index (κ2) is 12.7. The average Bonchev–Trinajstić information content (AvgIpc) is 3.06. The van der Waals surface area contributed by atoms with E-state index in [1.165, 1.54) is 61.0 Å². The summed E-state index contributed by atoms with van der Waals surface area (Å²) >= 11 is 0. The standard InChI is InChI=1S/C32H22N6O8S2/c39-31-25(13-9-21-3-1-15-33-29(21)31)37-35-23-11-7-19(27(17-23)47(41,42)43)5-6-20-8-12-24(18-28(20)48(44,45)46)36-38-26-14-10-22-4-2-16-34-30(22)32(26)40/h1-18,35-36H,(H,41,42,43)(H,44,45,46)/b6-5+,37-25-,38-26-. The van der Waals surface area contributed by atoms with E-state index in [0.717, 1.165) is 12.1 Å². The van der Waals surface area contributed by atoms with Crippen LogP contribution in [0, 0.1) is 0 Å². The van der Waals surface area contributed by atoms with Gasteiger partial charge < -0.3 is 0 Å². The number of hydrogen-bond donors (Lipinski definition) is 4. The van der Waals surface area contributed by atoms with Crippen LogP contribution in [0.4, 0.5) is 11.4 Å². The Labute approximate surface area is 273 Å². The second-order valence-electron chi connectivity index (χ2n) is 10.2. The number of hydrazone groups is 2. The van der Waals surface area contributed by atoms with Gasteiger partial charge in [-0.25, -0.2) is 0 Å². The number of carbonyl (C=O) groups is 2. The van der Waals surface area contributed by atoms with E-state index in [1.54, 1.807) is 36.4 Å². The van der Waals surface area contributed by atoms with E-state index in [4.69, 9.17) is 0 Å². The molecular formula is C32H22N6O8S2. The maximum Gasteiger partial charge on any atom is 0.295 e. The first-order valence-electron chi connectivity index (χ1n) is 13.8. The molecule has 0 saturated carbocycles. The highest BCUT2D eigenvalue weighted by Crippen LogP contribution is 2.27. The Morgan fingerprint density at radius 3 is 1.42 bits per heavy atom. The zero-order valence-electron chi connectivity index (χ0n) is 24.3. The summed E-state index contributed by atoms with van der Waals surface area (Å²) < 4.78 is 69.0. The lowest BCUT2D eigenvalue weighted by Crippen LogP contribution is -2.19. The molecule has 2 aliphatic carbocycles. The van der Waals surface area contributed by atoms with Crippen LogP contribution in [0.3, 0.4) is 0 Å². The highest BCUT2D eigenvalue weighted by molar-refractivity contribution is 7.86. The van der Waals surface area contributed by atoms with Gasteiger partial charge in [-0.1, -0.05) is 48.6 Å². The number of benzene rings is 2. The number of Topliss-reactive ketones (excluding diaryl/α,β-unsaturated/α-hetero) is 2. The van der Waals surface area contributed by atoms with Crippen molar-refractivity contribution in [2.45, 2.75) is 9.79 Å². The molecule has 16 heteroatoms. The Bertz CT molecular complexity index is 2230. The first-order chi connectivity index (χ1) is 22.9. The van der Waals surface area contributed by atoms with Crippen LogP contribution in [-0.4, -0.2) is 58.9 Å². The van der Waals surface area contributed by atoms with Gasteiger partial charge in [-0.15, -0.1) is 0 Å². The minimum absolute atomic E-state index is 0.0183. The van der Waals surface area contributed by atoms with Crippen LogP contribution < -0.4 is 10.9 Å². The first kappa shape index (κ1) is 32.0. The molecule has 14 nitrogen and oxygen atoms in total. The van der Waals surface area contributed by atoms with Crippen molar-refractivity contribution in [2.24, 2.45) is 10.2 Å². The zero-order chi connectivity index (χ0) is 34.1. The first-order valence-corrected chi connectivity index (χ1v) is 16.7. The summed E-state index contributed by atoms with van der Waals surface area (Å²) in [6.45, 7) is 0. The van der Waals surface area contributed by atoms with Gasteiger partial charge in [0.25, 0.3) is 20.2 Å². The Morgan fingerprint density at radius 1 is 0.604 bits per heavy atom. The minimum atomic E-state index is -4.80. The van der Waals surface area contributed by atoms with Gasteiger partial charge in [-0.05, 0) is 59.7 Å². The second-order valence-corrected chi connectivity index (χ2v) is 13.0. The quantitative estimate of drug-likeness (QED) is 0.115. The van der Waals surface area contributed by atoms with Crippen LogP contribution in [0.25, 0.3) is 24.3 Å². The maximum atomic E-state index is 12.7. The Kier molecular flexibility index (Phi) is 8.46. The summed E-state index contributed by atoms with van der Waals surface area (Å²) in [7, 11) is -9.60. The molecule has 4 aromatic rings. The predicted molar refractivity (Wildman–Crippen MR) is 179 cm³/mol. The molecule has 0 unspecified atom stereocenters. The lowest BCUT2D eigenvalue weighted by atomic mass is 10.0. The van der Waals surface area contributed by atoms with E-state index in [9.17, 15) is 35.5 Å². The molecule has 0 spiro atoms. The normalized spacial score (nSPS) is 16.0. The fourth-order valence-corrected chi connectivity index (χ4v) is 6.17. The molecule has 2 heterocycles. The van der Waals surface area contributed by atoms with Crippen molar-refractivity contribution in [1.82, 2.24) is 9.97 Å². The molecule has 4 N–H and O–H groups in total. The van der Waals surface area contributed by atoms with E-state index in [-0.39, 0.29) is 45.3 Å². The molecule has 48 heavy (non-hydrogen) atoms. The van der Waals surface area contributed by atoms with E-state index in [1.807, 2.05) is 0 Å². The molecule has 240 valence electrons. The molecule has 0 aliphatic heterocycles. The molecule has 0 amide bonds. The molecule has 2 aromatic heterocycles. The van der Waals surface area contributed by atoms with Gasteiger partial charge in [-0.2, -0.15) is 27.0 Å². The fourth-order valence-electron chi connectivity index (χ4n) is 4.75. The van der Waals surface area contributed by atoms with Crippen molar-refractivity contribution in [1.29, 1.82) is 0 Å². The molecule has 0 bridgehead atoms. The third-order valence-electron chi connectivity index (χ3n) is 7.05. The summed E-state index contributed by atoms with van der Waals surface area (Å²) in [6, 6.07) is 14.5. The zero-order valence-corrected chi connectivity index (χ0v) is 26.0. The fraction of sp³-hybridized carbons (Fsp3) is 0. The molecule has 0 atom stereocenters. The van der Waals surface area contributed by atoms with E-state index in [2.05, 4.69) is 31.0 Å². The van der Waals surface area contributed by atoms with Gasteiger partial charge in [0.2, 0.25) is 11.6 Å². The van der Waals surface area contributed by atoms with Crippen LogP contribution >= 0.6 is 0 Å². The smallest absolute Gasteiger partial charge is 0.285 e. The number of nitrogens with zero attached hydrogens (tertiary/aromatic N) is 4. The van der Waals surface area contributed by atoms with Crippen LogP contribution in [0.15, 0.2) is 105 Å². The average molecular weight is 683 g/mol. The molecule has 2 aliphatic rings. The number of hydrogen-bond acceptors (Lipinski definition) is 12. The molecule has 2 aromatic carbocycles.